The molecule has 7 nitrogen and oxygen atoms in total. The number of hydrogen-bond donors (Lipinski definition) is 2. The first-order valence-electron chi connectivity index (χ1n) is 8.25. The number of sulfonamides is 1. The molecule has 0 aliphatic carbocycles. The topological polar surface area (TPSA) is 95.9 Å². The monoisotopic (exact) mass is 348 g/mol. The molecule has 0 saturated carbocycles. The van der Waals surface area contributed by atoms with Gasteiger partial charge in [0.25, 0.3) is 0 Å². The largest absolute Gasteiger partial charge is 0.389 e. The highest BCUT2D eigenvalue weighted by atomic mass is 32.2. The quantitative estimate of drug-likeness (QED) is 0.726. The van der Waals surface area contributed by atoms with Crippen molar-refractivity contribution < 1.29 is 23.1 Å². The number of carbonyl (C=O) groups excluding carboxylic acids is 1. The van der Waals surface area contributed by atoms with Gasteiger partial charge in [0.2, 0.25) is 15.9 Å². The van der Waals surface area contributed by atoms with Crippen molar-refractivity contribution in [3.05, 3.63) is 0 Å². The fraction of sp³-hybridized carbons (Fsp3) is 0.933. The fourth-order valence-electron chi connectivity index (χ4n) is 3.67. The summed E-state index contributed by atoms with van der Waals surface area (Å²) in [6.45, 7) is 4.54. The number of aliphatic hydroxyl groups is 1. The van der Waals surface area contributed by atoms with Crippen molar-refractivity contribution in [2.75, 3.05) is 39.1 Å². The molecule has 0 aromatic rings. The first-order chi connectivity index (χ1) is 10.7. The van der Waals surface area contributed by atoms with Gasteiger partial charge in [-0.3, -0.25) is 4.79 Å². The Bertz CT molecular complexity index is 518. The Balaban J connectivity index is 1.86. The van der Waals surface area contributed by atoms with Gasteiger partial charge in [0.15, 0.2) is 0 Å². The summed E-state index contributed by atoms with van der Waals surface area (Å²) in [6.07, 6.45) is 3.54. The minimum Gasteiger partial charge on any atom is -0.389 e. The fourth-order valence-corrected chi connectivity index (χ4v) is 4.15. The van der Waals surface area contributed by atoms with Gasteiger partial charge in [-0.25, -0.2) is 13.1 Å². The van der Waals surface area contributed by atoms with Gasteiger partial charge >= 0.3 is 0 Å². The Kier molecular flexibility index (Phi) is 6.05. The summed E-state index contributed by atoms with van der Waals surface area (Å²) in [5, 5.41) is 11.1. The van der Waals surface area contributed by atoms with E-state index in [-0.39, 0.29) is 30.7 Å². The van der Waals surface area contributed by atoms with E-state index in [1.807, 2.05) is 6.92 Å². The van der Waals surface area contributed by atoms with E-state index in [2.05, 4.69) is 4.72 Å². The van der Waals surface area contributed by atoms with Crippen LogP contribution in [0.25, 0.3) is 0 Å². The number of amides is 1. The molecule has 0 unspecified atom stereocenters. The molecule has 23 heavy (non-hydrogen) atoms. The van der Waals surface area contributed by atoms with E-state index in [9.17, 15) is 18.3 Å². The van der Waals surface area contributed by atoms with Crippen molar-refractivity contribution in [3.63, 3.8) is 0 Å². The smallest absolute Gasteiger partial charge is 0.223 e. The van der Waals surface area contributed by atoms with Gasteiger partial charge in [-0.1, -0.05) is 6.92 Å². The molecule has 2 saturated heterocycles. The van der Waals surface area contributed by atoms with E-state index in [1.165, 1.54) is 0 Å². The molecule has 2 fully saturated rings. The number of likely N-dealkylation sites (tertiary alicyclic amines) is 1. The Hall–Kier alpha value is -0.700. The number of rotatable bonds is 5. The molecule has 134 valence electrons. The molecule has 1 amide bonds. The van der Waals surface area contributed by atoms with Crippen LogP contribution >= 0.6 is 0 Å². The maximum atomic E-state index is 12.2. The number of ether oxygens (including phenoxy) is 1. The lowest BCUT2D eigenvalue weighted by Crippen LogP contribution is -2.57. The van der Waals surface area contributed by atoms with Crippen LogP contribution in [0, 0.1) is 11.8 Å². The van der Waals surface area contributed by atoms with Crippen LogP contribution in [-0.4, -0.2) is 69.0 Å². The van der Waals surface area contributed by atoms with Gasteiger partial charge in [0.05, 0.1) is 11.9 Å². The van der Waals surface area contributed by atoms with E-state index in [1.54, 1.807) is 4.90 Å². The normalized spacial score (nSPS) is 30.4. The molecule has 8 heteroatoms. The Morgan fingerprint density at radius 2 is 2.04 bits per heavy atom. The van der Waals surface area contributed by atoms with Gasteiger partial charge in [-0.15, -0.1) is 0 Å². The number of hydrogen-bond acceptors (Lipinski definition) is 5. The second-order valence-corrected chi connectivity index (χ2v) is 8.62. The summed E-state index contributed by atoms with van der Waals surface area (Å²) < 4.78 is 29.7. The molecule has 0 radical (unpaired) electrons. The summed E-state index contributed by atoms with van der Waals surface area (Å²) in [7, 11) is -3.27. The van der Waals surface area contributed by atoms with Crippen molar-refractivity contribution in [1.29, 1.82) is 0 Å². The third-order valence-corrected chi connectivity index (χ3v) is 5.84. The predicted octanol–water partition coefficient (Wildman–Crippen LogP) is -0.0482. The number of nitrogens with one attached hydrogen (secondary N) is 1. The molecule has 0 spiro atoms. The summed E-state index contributed by atoms with van der Waals surface area (Å²) in [5.41, 5.74) is -0.731. The Morgan fingerprint density at radius 1 is 1.39 bits per heavy atom. The Morgan fingerprint density at radius 3 is 2.61 bits per heavy atom. The third kappa shape index (κ3) is 4.89. The second-order valence-electron chi connectivity index (χ2n) is 6.79. The highest BCUT2D eigenvalue weighted by Crippen LogP contribution is 2.39. The van der Waals surface area contributed by atoms with Crippen molar-refractivity contribution in [3.8, 4) is 0 Å². The molecular weight excluding hydrogens is 320 g/mol. The maximum absolute atomic E-state index is 12.2. The molecular formula is C15H28N2O5S. The molecule has 2 rings (SSSR count). The number of nitrogens with zero attached hydrogens (tertiary/aromatic N) is 1. The predicted molar refractivity (Wildman–Crippen MR) is 86.3 cm³/mol. The van der Waals surface area contributed by atoms with Gasteiger partial charge < -0.3 is 14.7 Å². The van der Waals surface area contributed by atoms with Crippen LogP contribution in [0.4, 0.5) is 0 Å². The molecule has 2 atom stereocenters. The lowest BCUT2D eigenvalue weighted by atomic mass is 9.70. The SMILES string of the molecule is C[C@@H]1CN(C(=O)CCNS(C)(=O)=O)CC[C@@]1(O)C1CCOCC1. The lowest BCUT2D eigenvalue weighted by molar-refractivity contribution is -0.151. The average molecular weight is 348 g/mol. The molecule has 0 aromatic heterocycles. The van der Waals surface area contributed by atoms with Gasteiger partial charge in [0, 0.05) is 45.2 Å². The minimum atomic E-state index is -3.27. The van der Waals surface area contributed by atoms with Gasteiger partial charge in [0.1, 0.15) is 0 Å². The highest BCUT2D eigenvalue weighted by molar-refractivity contribution is 7.88. The summed E-state index contributed by atoms with van der Waals surface area (Å²) in [6, 6.07) is 0. The maximum Gasteiger partial charge on any atom is 0.223 e. The standard InChI is InChI=1S/C15H28N2O5S/c1-12-11-17(14(18)3-7-16-23(2,20)21)8-6-15(12,19)13-4-9-22-10-5-13/h12-13,16,19H,3-11H2,1-2H3/t12-,15+/m1/s1. The van der Waals surface area contributed by atoms with Gasteiger partial charge in [-0.2, -0.15) is 0 Å². The van der Waals surface area contributed by atoms with Gasteiger partial charge in [-0.05, 0) is 25.2 Å². The summed E-state index contributed by atoms with van der Waals surface area (Å²) in [5.74, 6) is 0.170. The Labute approximate surface area is 138 Å². The van der Waals surface area contributed by atoms with E-state index in [0.717, 1.165) is 19.1 Å². The van der Waals surface area contributed by atoms with Crippen LogP contribution in [0.3, 0.4) is 0 Å². The third-order valence-electron chi connectivity index (χ3n) is 5.11. The van der Waals surface area contributed by atoms with Crippen LogP contribution in [0.15, 0.2) is 0 Å². The highest BCUT2D eigenvalue weighted by Gasteiger charge is 2.45. The van der Waals surface area contributed by atoms with Crippen molar-refractivity contribution in [2.24, 2.45) is 11.8 Å². The van der Waals surface area contributed by atoms with E-state index in [4.69, 9.17) is 4.74 Å². The molecule has 0 bridgehead atoms. The van der Waals surface area contributed by atoms with Crippen LogP contribution in [-0.2, 0) is 19.6 Å². The van der Waals surface area contributed by atoms with Crippen LogP contribution in [0.2, 0.25) is 0 Å². The zero-order valence-electron chi connectivity index (χ0n) is 14.0. The van der Waals surface area contributed by atoms with Crippen LogP contribution in [0.1, 0.15) is 32.6 Å². The molecule has 2 aliphatic heterocycles. The molecule has 0 aromatic carbocycles. The zero-order valence-corrected chi connectivity index (χ0v) is 14.8. The molecule has 2 N–H and O–H groups in total. The van der Waals surface area contributed by atoms with Crippen molar-refractivity contribution in [1.82, 2.24) is 9.62 Å². The first kappa shape index (κ1) is 18.6. The molecule has 2 aliphatic rings. The van der Waals surface area contributed by atoms with E-state index >= 15 is 0 Å². The molecule has 2 heterocycles. The lowest BCUT2D eigenvalue weighted by Gasteiger charge is -2.48. The number of carbonyl (C=O) groups is 1. The van der Waals surface area contributed by atoms with Crippen LogP contribution in [0.5, 0.6) is 0 Å². The summed E-state index contributed by atoms with van der Waals surface area (Å²) >= 11 is 0. The second kappa shape index (κ2) is 7.46. The van der Waals surface area contributed by atoms with Crippen LogP contribution < -0.4 is 4.72 Å². The van der Waals surface area contributed by atoms with Crippen molar-refractivity contribution >= 4 is 15.9 Å². The van der Waals surface area contributed by atoms with Crippen molar-refractivity contribution in [2.45, 2.75) is 38.2 Å². The average Bonchev–Trinajstić information content (AvgIpc) is 2.49. The zero-order chi connectivity index (χ0) is 17.1. The first-order valence-corrected chi connectivity index (χ1v) is 10.1. The minimum absolute atomic E-state index is 0.00571. The van der Waals surface area contributed by atoms with E-state index in [0.29, 0.717) is 32.7 Å². The number of piperidine rings is 1. The summed E-state index contributed by atoms with van der Waals surface area (Å²) in [4.78, 5) is 13.9. The van der Waals surface area contributed by atoms with E-state index < -0.39 is 15.6 Å².